The fourth-order valence-corrected chi connectivity index (χ4v) is 1.98. The number of aryl methyl sites for hydroxylation is 1. The Morgan fingerprint density at radius 1 is 1.29 bits per heavy atom. The Morgan fingerprint density at radius 2 is 2.06 bits per heavy atom. The average molecular weight is 275 g/mol. The summed E-state index contributed by atoms with van der Waals surface area (Å²) in [5.74, 6) is 0.757. The van der Waals surface area contributed by atoms with Crippen molar-refractivity contribution < 1.29 is 9.53 Å². The number of esters is 1. The van der Waals surface area contributed by atoms with Crippen molar-refractivity contribution >= 4 is 29.2 Å². The molecule has 0 spiro atoms. The average Bonchev–Trinajstić information content (AvgIpc) is 2.36. The Bertz CT molecular complexity index is 378. The third kappa shape index (κ3) is 4.21. The van der Waals surface area contributed by atoms with Gasteiger partial charge in [0.05, 0.1) is 12.2 Å². The summed E-state index contributed by atoms with van der Waals surface area (Å²) in [7, 11) is 0. The number of hydrogen-bond donors (Lipinski definition) is 0. The summed E-state index contributed by atoms with van der Waals surface area (Å²) in [6.07, 6.45) is 1.70. The maximum absolute atomic E-state index is 11.6. The second-order valence-corrected chi connectivity index (χ2v) is 4.28. The molecule has 2 nitrogen and oxygen atoms in total. The third-order valence-electron chi connectivity index (χ3n) is 2.44. The maximum Gasteiger partial charge on any atom is 0.338 e. The van der Waals surface area contributed by atoms with Crippen LogP contribution in [-0.2, 0) is 17.0 Å². The predicted molar refractivity (Wildman–Crippen MR) is 71.0 cm³/mol. The molecule has 0 radical (unpaired) electrons. The molecule has 0 N–H and O–H groups in total. The summed E-state index contributed by atoms with van der Waals surface area (Å²) in [6, 6.07) is 5.48. The molecule has 0 saturated heterocycles. The SMILES string of the molecule is CCOC(=O)c1ccc(CCl)c(CCCCl)c1. The van der Waals surface area contributed by atoms with Crippen molar-refractivity contribution in [1.82, 2.24) is 0 Å². The van der Waals surface area contributed by atoms with E-state index in [9.17, 15) is 4.79 Å². The number of hydrogen-bond acceptors (Lipinski definition) is 2. The molecule has 1 aromatic carbocycles. The zero-order valence-electron chi connectivity index (χ0n) is 9.84. The lowest BCUT2D eigenvalue weighted by atomic mass is 10.0. The van der Waals surface area contributed by atoms with E-state index in [1.165, 1.54) is 0 Å². The molecule has 0 amide bonds. The number of halogens is 2. The van der Waals surface area contributed by atoms with E-state index in [0.29, 0.717) is 23.9 Å². The molecule has 0 fully saturated rings. The van der Waals surface area contributed by atoms with Crippen LogP contribution in [0.3, 0.4) is 0 Å². The standard InChI is InChI=1S/C13H16Cl2O2/c1-2-17-13(16)11-5-6-12(9-15)10(8-11)4-3-7-14/h5-6,8H,2-4,7,9H2,1H3. The van der Waals surface area contributed by atoms with Crippen molar-refractivity contribution in [2.75, 3.05) is 12.5 Å². The highest BCUT2D eigenvalue weighted by Crippen LogP contribution is 2.17. The molecule has 0 bridgehead atoms. The van der Waals surface area contributed by atoms with E-state index < -0.39 is 0 Å². The highest BCUT2D eigenvalue weighted by Gasteiger charge is 2.09. The van der Waals surface area contributed by atoms with E-state index in [1.54, 1.807) is 13.0 Å². The zero-order chi connectivity index (χ0) is 12.7. The molecular weight excluding hydrogens is 259 g/mol. The van der Waals surface area contributed by atoms with Gasteiger partial charge in [-0.05, 0) is 43.0 Å². The Kier molecular flexibility index (Phi) is 6.38. The zero-order valence-corrected chi connectivity index (χ0v) is 11.4. The number of rotatable bonds is 6. The van der Waals surface area contributed by atoms with Gasteiger partial charge in [-0.2, -0.15) is 0 Å². The van der Waals surface area contributed by atoms with Gasteiger partial charge in [0.2, 0.25) is 0 Å². The topological polar surface area (TPSA) is 26.3 Å². The molecule has 0 atom stereocenters. The van der Waals surface area contributed by atoms with Crippen LogP contribution in [0.1, 0.15) is 34.8 Å². The smallest absolute Gasteiger partial charge is 0.338 e. The van der Waals surface area contributed by atoms with E-state index in [2.05, 4.69) is 0 Å². The highest BCUT2D eigenvalue weighted by atomic mass is 35.5. The van der Waals surface area contributed by atoms with Gasteiger partial charge in [-0.15, -0.1) is 23.2 Å². The van der Waals surface area contributed by atoms with E-state index in [-0.39, 0.29) is 5.97 Å². The van der Waals surface area contributed by atoms with Gasteiger partial charge >= 0.3 is 5.97 Å². The lowest BCUT2D eigenvalue weighted by molar-refractivity contribution is 0.0526. The van der Waals surface area contributed by atoms with Gasteiger partial charge in [0.25, 0.3) is 0 Å². The lowest BCUT2D eigenvalue weighted by Crippen LogP contribution is -2.06. The van der Waals surface area contributed by atoms with Crippen molar-refractivity contribution in [3.8, 4) is 0 Å². The molecule has 0 saturated carbocycles. The lowest BCUT2D eigenvalue weighted by Gasteiger charge is -2.09. The molecule has 94 valence electrons. The minimum atomic E-state index is -0.291. The Balaban J connectivity index is 2.91. The number of alkyl halides is 2. The van der Waals surface area contributed by atoms with Crippen molar-refractivity contribution in [2.24, 2.45) is 0 Å². The first kappa shape index (κ1) is 14.3. The van der Waals surface area contributed by atoms with Gasteiger partial charge in [0, 0.05) is 11.8 Å². The van der Waals surface area contributed by atoms with Crippen molar-refractivity contribution in [3.63, 3.8) is 0 Å². The van der Waals surface area contributed by atoms with Crippen LogP contribution in [0.5, 0.6) is 0 Å². The van der Waals surface area contributed by atoms with Crippen LogP contribution < -0.4 is 0 Å². The fraction of sp³-hybridized carbons (Fsp3) is 0.462. The van der Waals surface area contributed by atoms with E-state index >= 15 is 0 Å². The maximum atomic E-state index is 11.6. The summed E-state index contributed by atoms with van der Waals surface area (Å²) in [4.78, 5) is 11.6. The molecule has 1 aromatic rings. The van der Waals surface area contributed by atoms with Crippen LogP contribution in [0.25, 0.3) is 0 Å². The van der Waals surface area contributed by atoms with Crippen molar-refractivity contribution in [1.29, 1.82) is 0 Å². The molecule has 4 heteroatoms. The van der Waals surface area contributed by atoms with Gasteiger partial charge in [-0.25, -0.2) is 4.79 Å². The van der Waals surface area contributed by atoms with Gasteiger partial charge in [0.15, 0.2) is 0 Å². The van der Waals surface area contributed by atoms with E-state index in [1.807, 2.05) is 12.1 Å². The monoisotopic (exact) mass is 274 g/mol. The molecule has 0 aliphatic heterocycles. The van der Waals surface area contributed by atoms with Crippen LogP contribution >= 0.6 is 23.2 Å². The molecule has 1 rings (SSSR count). The van der Waals surface area contributed by atoms with Crippen molar-refractivity contribution in [2.45, 2.75) is 25.6 Å². The largest absolute Gasteiger partial charge is 0.462 e. The third-order valence-corrected chi connectivity index (χ3v) is 3.00. The summed E-state index contributed by atoms with van der Waals surface area (Å²) in [5.41, 5.74) is 2.70. The van der Waals surface area contributed by atoms with Crippen LogP contribution in [-0.4, -0.2) is 18.5 Å². The van der Waals surface area contributed by atoms with Gasteiger partial charge < -0.3 is 4.74 Å². The second kappa shape index (κ2) is 7.57. The molecule has 0 heterocycles. The molecular formula is C13H16Cl2O2. The summed E-state index contributed by atoms with van der Waals surface area (Å²) in [6.45, 7) is 2.17. The Labute approximate surface area is 112 Å². The molecule has 0 aliphatic rings. The summed E-state index contributed by atoms with van der Waals surface area (Å²) >= 11 is 11.5. The van der Waals surface area contributed by atoms with Gasteiger partial charge in [-0.3, -0.25) is 0 Å². The Morgan fingerprint density at radius 3 is 2.65 bits per heavy atom. The first-order valence-corrected chi connectivity index (χ1v) is 6.70. The molecule has 0 unspecified atom stereocenters. The number of benzene rings is 1. The molecule has 17 heavy (non-hydrogen) atoms. The molecule has 0 aromatic heterocycles. The minimum Gasteiger partial charge on any atom is -0.462 e. The van der Waals surface area contributed by atoms with Gasteiger partial charge in [0.1, 0.15) is 0 Å². The minimum absolute atomic E-state index is 0.291. The first-order valence-electron chi connectivity index (χ1n) is 5.63. The second-order valence-electron chi connectivity index (χ2n) is 3.63. The fourth-order valence-electron chi connectivity index (χ4n) is 1.59. The van der Waals surface area contributed by atoms with Crippen LogP contribution in [0.4, 0.5) is 0 Å². The van der Waals surface area contributed by atoms with Crippen molar-refractivity contribution in [3.05, 3.63) is 34.9 Å². The predicted octanol–water partition coefficient (Wildman–Crippen LogP) is 3.77. The number of carbonyl (C=O) groups excluding carboxylic acids is 1. The highest BCUT2D eigenvalue weighted by molar-refractivity contribution is 6.18. The number of carbonyl (C=O) groups is 1. The number of ether oxygens (including phenoxy) is 1. The summed E-state index contributed by atoms with van der Waals surface area (Å²) in [5, 5.41) is 0. The Hall–Kier alpha value is -0.730. The van der Waals surface area contributed by atoms with Gasteiger partial charge in [-0.1, -0.05) is 6.07 Å². The normalized spacial score (nSPS) is 10.3. The van der Waals surface area contributed by atoms with Crippen LogP contribution in [0.2, 0.25) is 0 Å². The first-order chi connectivity index (χ1) is 8.22. The van der Waals surface area contributed by atoms with E-state index in [4.69, 9.17) is 27.9 Å². The van der Waals surface area contributed by atoms with Crippen LogP contribution in [0.15, 0.2) is 18.2 Å². The van der Waals surface area contributed by atoms with Crippen LogP contribution in [0, 0.1) is 0 Å². The quantitative estimate of drug-likeness (QED) is 0.583. The van der Waals surface area contributed by atoms with E-state index in [0.717, 1.165) is 24.0 Å². The summed E-state index contributed by atoms with van der Waals surface area (Å²) < 4.78 is 4.96. The molecule has 0 aliphatic carbocycles.